The lowest BCUT2D eigenvalue weighted by molar-refractivity contribution is -0.118. The number of amides is 1. The maximum atomic E-state index is 13.4. The minimum absolute atomic E-state index is 0.00294. The number of nitrogens with one attached hydrogen (secondary N) is 1. The van der Waals surface area contributed by atoms with E-state index in [-0.39, 0.29) is 24.2 Å². The van der Waals surface area contributed by atoms with E-state index in [4.69, 9.17) is 4.74 Å². The first-order chi connectivity index (χ1) is 9.58. The number of ether oxygens (including phenoxy) is 1. The molecule has 1 aromatic carbocycles. The van der Waals surface area contributed by atoms with Crippen molar-refractivity contribution in [2.45, 2.75) is 18.9 Å². The summed E-state index contributed by atoms with van der Waals surface area (Å²) in [6.45, 7) is 1.75. The summed E-state index contributed by atoms with van der Waals surface area (Å²) in [6.07, 6.45) is 2.02. The predicted molar refractivity (Wildman–Crippen MR) is 71.5 cm³/mol. The van der Waals surface area contributed by atoms with Crippen LogP contribution in [0.1, 0.15) is 12.8 Å². The fourth-order valence-electron chi connectivity index (χ4n) is 2.29. The van der Waals surface area contributed by atoms with E-state index in [1.54, 1.807) is 7.11 Å². The number of hydrogen-bond acceptors (Lipinski definition) is 3. The number of nitrogens with zero attached hydrogens (tertiary/aromatic N) is 1. The Morgan fingerprint density at radius 2 is 2.10 bits per heavy atom. The molecule has 1 saturated heterocycles. The molecule has 1 fully saturated rings. The summed E-state index contributed by atoms with van der Waals surface area (Å²) >= 11 is 0. The molecule has 6 heteroatoms. The summed E-state index contributed by atoms with van der Waals surface area (Å²) in [4.78, 5) is 13.8. The molecule has 0 spiro atoms. The Morgan fingerprint density at radius 1 is 1.40 bits per heavy atom. The normalized spacial score (nSPS) is 17.1. The average molecular weight is 284 g/mol. The number of halogens is 2. The van der Waals surface area contributed by atoms with Crippen LogP contribution in [0.5, 0.6) is 0 Å². The highest BCUT2D eigenvalue weighted by atomic mass is 19.1. The summed E-state index contributed by atoms with van der Waals surface area (Å²) in [7, 11) is 1.68. The second-order valence-electron chi connectivity index (χ2n) is 4.88. The van der Waals surface area contributed by atoms with Crippen LogP contribution in [-0.4, -0.2) is 43.7 Å². The Morgan fingerprint density at radius 3 is 2.70 bits per heavy atom. The van der Waals surface area contributed by atoms with Crippen molar-refractivity contribution in [3.8, 4) is 0 Å². The molecule has 0 bridgehead atoms. The molecular weight excluding hydrogens is 266 g/mol. The molecule has 20 heavy (non-hydrogen) atoms. The van der Waals surface area contributed by atoms with Crippen molar-refractivity contribution in [3.05, 3.63) is 29.8 Å². The van der Waals surface area contributed by atoms with E-state index in [1.807, 2.05) is 4.90 Å². The third-order valence-electron chi connectivity index (χ3n) is 3.44. The van der Waals surface area contributed by atoms with E-state index in [0.29, 0.717) is 0 Å². The summed E-state index contributed by atoms with van der Waals surface area (Å²) in [5.41, 5.74) is 0.00294. The lowest BCUT2D eigenvalue weighted by atomic mass is 10.1. The third kappa shape index (κ3) is 3.98. The molecule has 1 N–H and O–H groups in total. The smallest absolute Gasteiger partial charge is 0.238 e. The summed E-state index contributed by atoms with van der Waals surface area (Å²) in [6, 6.07) is 3.09. The second kappa shape index (κ2) is 6.76. The lowest BCUT2D eigenvalue weighted by Crippen LogP contribution is -2.41. The van der Waals surface area contributed by atoms with Crippen LogP contribution in [0.15, 0.2) is 18.2 Å². The van der Waals surface area contributed by atoms with Crippen molar-refractivity contribution >= 4 is 11.6 Å². The number of benzene rings is 1. The molecule has 0 radical (unpaired) electrons. The van der Waals surface area contributed by atoms with Gasteiger partial charge in [0.1, 0.15) is 11.6 Å². The molecule has 1 heterocycles. The van der Waals surface area contributed by atoms with Crippen molar-refractivity contribution < 1.29 is 18.3 Å². The zero-order valence-electron chi connectivity index (χ0n) is 11.4. The van der Waals surface area contributed by atoms with Crippen molar-refractivity contribution in [2.75, 3.05) is 32.1 Å². The van der Waals surface area contributed by atoms with Gasteiger partial charge in [0.2, 0.25) is 5.91 Å². The fourth-order valence-corrected chi connectivity index (χ4v) is 2.29. The first-order valence-corrected chi connectivity index (χ1v) is 6.58. The molecule has 1 aromatic rings. The van der Waals surface area contributed by atoms with Gasteiger partial charge in [0, 0.05) is 26.3 Å². The van der Waals surface area contributed by atoms with E-state index >= 15 is 0 Å². The van der Waals surface area contributed by atoms with Crippen LogP contribution in [0.25, 0.3) is 0 Å². The van der Waals surface area contributed by atoms with Crippen LogP contribution in [0.3, 0.4) is 0 Å². The van der Waals surface area contributed by atoms with Gasteiger partial charge < -0.3 is 10.1 Å². The lowest BCUT2D eigenvalue weighted by Gasteiger charge is -2.30. The largest absolute Gasteiger partial charge is 0.381 e. The molecule has 4 nitrogen and oxygen atoms in total. The Balaban J connectivity index is 1.84. The number of methoxy groups -OCH3 is 1. The van der Waals surface area contributed by atoms with Gasteiger partial charge >= 0.3 is 0 Å². The van der Waals surface area contributed by atoms with Gasteiger partial charge in [-0.2, -0.15) is 0 Å². The Kier molecular flexibility index (Phi) is 5.03. The molecule has 0 atom stereocenters. The van der Waals surface area contributed by atoms with Gasteiger partial charge in [0.05, 0.1) is 18.3 Å². The van der Waals surface area contributed by atoms with Gasteiger partial charge in [-0.3, -0.25) is 9.69 Å². The van der Waals surface area contributed by atoms with Crippen molar-refractivity contribution in [1.29, 1.82) is 0 Å². The Hall–Kier alpha value is -1.53. The van der Waals surface area contributed by atoms with Crippen LogP contribution < -0.4 is 5.32 Å². The van der Waals surface area contributed by atoms with Crippen molar-refractivity contribution in [2.24, 2.45) is 0 Å². The maximum Gasteiger partial charge on any atom is 0.238 e. The van der Waals surface area contributed by atoms with E-state index in [2.05, 4.69) is 5.32 Å². The zero-order valence-corrected chi connectivity index (χ0v) is 11.4. The summed E-state index contributed by atoms with van der Waals surface area (Å²) < 4.78 is 31.4. The van der Waals surface area contributed by atoms with Gasteiger partial charge in [-0.1, -0.05) is 0 Å². The first kappa shape index (κ1) is 14.9. The van der Waals surface area contributed by atoms with Crippen LogP contribution >= 0.6 is 0 Å². The Labute approximate surface area is 116 Å². The second-order valence-corrected chi connectivity index (χ2v) is 4.88. The highest BCUT2D eigenvalue weighted by Crippen LogP contribution is 2.16. The number of likely N-dealkylation sites (tertiary alicyclic amines) is 1. The standard InChI is InChI=1S/C14H18F2N2O2/c1-20-11-4-6-18(7-5-11)9-14(19)17-13-3-2-10(15)8-12(13)16/h2-3,8,11H,4-7,9H2,1H3,(H,17,19). The number of piperidine rings is 1. The van der Waals surface area contributed by atoms with Gasteiger partial charge in [0.15, 0.2) is 0 Å². The van der Waals surface area contributed by atoms with Crippen molar-refractivity contribution in [1.82, 2.24) is 4.90 Å². The van der Waals surface area contributed by atoms with Crippen LogP contribution in [0.4, 0.5) is 14.5 Å². The van der Waals surface area contributed by atoms with Crippen LogP contribution in [0, 0.1) is 11.6 Å². The molecule has 110 valence electrons. The molecule has 2 rings (SSSR count). The number of carbonyl (C=O) groups is 1. The molecule has 1 aliphatic heterocycles. The topological polar surface area (TPSA) is 41.6 Å². The van der Waals surface area contributed by atoms with Crippen molar-refractivity contribution in [3.63, 3.8) is 0 Å². The monoisotopic (exact) mass is 284 g/mol. The highest BCUT2D eigenvalue weighted by molar-refractivity contribution is 5.92. The highest BCUT2D eigenvalue weighted by Gasteiger charge is 2.20. The number of hydrogen-bond donors (Lipinski definition) is 1. The maximum absolute atomic E-state index is 13.4. The van der Waals surface area contributed by atoms with Crippen LogP contribution in [-0.2, 0) is 9.53 Å². The van der Waals surface area contributed by atoms with Crippen LogP contribution in [0.2, 0.25) is 0 Å². The van der Waals surface area contributed by atoms with Gasteiger partial charge in [0.25, 0.3) is 0 Å². The molecule has 0 aliphatic carbocycles. The van der Waals surface area contributed by atoms with Gasteiger partial charge in [-0.05, 0) is 25.0 Å². The number of rotatable bonds is 4. The average Bonchev–Trinajstić information content (AvgIpc) is 2.43. The third-order valence-corrected chi connectivity index (χ3v) is 3.44. The van der Waals surface area contributed by atoms with E-state index < -0.39 is 11.6 Å². The van der Waals surface area contributed by atoms with E-state index in [9.17, 15) is 13.6 Å². The molecule has 1 aliphatic rings. The van der Waals surface area contributed by atoms with E-state index in [0.717, 1.165) is 38.1 Å². The SMILES string of the molecule is COC1CCN(CC(=O)Nc2ccc(F)cc2F)CC1. The molecule has 0 unspecified atom stereocenters. The number of carbonyl (C=O) groups excluding carboxylic acids is 1. The first-order valence-electron chi connectivity index (χ1n) is 6.58. The quantitative estimate of drug-likeness (QED) is 0.919. The molecule has 0 saturated carbocycles. The minimum atomic E-state index is -0.767. The Bertz CT molecular complexity index is 474. The summed E-state index contributed by atoms with van der Waals surface area (Å²) in [5.74, 6) is -1.73. The minimum Gasteiger partial charge on any atom is -0.381 e. The molecule has 0 aromatic heterocycles. The zero-order chi connectivity index (χ0) is 14.5. The fraction of sp³-hybridized carbons (Fsp3) is 0.500. The van der Waals surface area contributed by atoms with Gasteiger partial charge in [-0.25, -0.2) is 8.78 Å². The number of anilines is 1. The van der Waals surface area contributed by atoms with Gasteiger partial charge in [-0.15, -0.1) is 0 Å². The van der Waals surface area contributed by atoms with E-state index in [1.165, 1.54) is 6.07 Å². The summed E-state index contributed by atoms with van der Waals surface area (Å²) in [5, 5.41) is 2.46. The molecular formula is C14H18F2N2O2. The molecule has 1 amide bonds. The predicted octanol–water partition coefficient (Wildman–Crippen LogP) is 2.01.